The van der Waals surface area contributed by atoms with Gasteiger partial charge < -0.3 is 5.32 Å². The Morgan fingerprint density at radius 2 is 1.20 bits per heavy atom. The van der Waals surface area contributed by atoms with Crippen LogP contribution >= 0.6 is 0 Å². The van der Waals surface area contributed by atoms with Gasteiger partial charge in [0, 0.05) is 13.0 Å². The fourth-order valence-corrected chi connectivity index (χ4v) is 2.10. The van der Waals surface area contributed by atoms with Crippen LogP contribution in [0.25, 0.3) is 0 Å². The maximum Gasteiger partial charge on any atom is 0.220 e. The van der Waals surface area contributed by atoms with E-state index in [1.165, 1.54) is 0 Å². The Morgan fingerprint density at radius 1 is 0.720 bits per heavy atom. The molecule has 0 rings (SSSR count). The van der Waals surface area contributed by atoms with Gasteiger partial charge in [-0.05, 0) is 51.4 Å². The van der Waals surface area contributed by atoms with E-state index < -0.39 is 0 Å². The van der Waals surface area contributed by atoms with E-state index in [4.69, 9.17) is 0 Å². The van der Waals surface area contributed by atoms with Crippen LogP contribution < -0.4 is 5.32 Å². The van der Waals surface area contributed by atoms with E-state index in [0.29, 0.717) is 6.42 Å². The second-order valence-corrected chi connectivity index (χ2v) is 5.95. The summed E-state index contributed by atoms with van der Waals surface area (Å²) in [6.07, 6.45) is 30.7. The molecule has 0 heterocycles. The molecule has 25 heavy (non-hydrogen) atoms. The van der Waals surface area contributed by atoms with Crippen molar-refractivity contribution in [3.05, 3.63) is 60.8 Å². The molecule has 1 amide bonds. The summed E-state index contributed by atoms with van der Waals surface area (Å²) in [5.41, 5.74) is 0. The molecule has 0 saturated heterocycles. The highest BCUT2D eigenvalue weighted by Gasteiger charge is 1.97. The van der Waals surface area contributed by atoms with Crippen LogP contribution in [0, 0.1) is 0 Å². The molecule has 2 heteroatoms. The zero-order valence-electron chi connectivity index (χ0n) is 16.3. The molecule has 1 N–H and O–H groups in total. The van der Waals surface area contributed by atoms with Crippen molar-refractivity contribution in [2.24, 2.45) is 0 Å². The van der Waals surface area contributed by atoms with Crippen LogP contribution in [0.1, 0.15) is 71.6 Å². The van der Waals surface area contributed by atoms with Crippen molar-refractivity contribution in [2.45, 2.75) is 71.6 Å². The van der Waals surface area contributed by atoms with Crippen LogP contribution in [0.5, 0.6) is 0 Å². The third-order valence-electron chi connectivity index (χ3n) is 3.50. The van der Waals surface area contributed by atoms with Crippen LogP contribution in [-0.2, 0) is 4.79 Å². The maximum absolute atomic E-state index is 11.4. The van der Waals surface area contributed by atoms with Gasteiger partial charge in [0.15, 0.2) is 0 Å². The lowest BCUT2D eigenvalue weighted by Gasteiger charge is -2.01. The topological polar surface area (TPSA) is 29.1 Å². The molecule has 0 fully saturated rings. The number of carbonyl (C=O) groups is 1. The molecule has 0 bridgehead atoms. The number of carbonyl (C=O) groups excluding carboxylic acids is 1. The average Bonchev–Trinajstić information content (AvgIpc) is 2.62. The first-order valence-corrected chi connectivity index (χ1v) is 9.82. The number of amides is 1. The maximum atomic E-state index is 11.4. The van der Waals surface area contributed by atoms with Crippen LogP contribution in [0.3, 0.4) is 0 Å². The normalized spacial score (nSPS) is 12.6. The van der Waals surface area contributed by atoms with Crippen molar-refractivity contribution in [3.8, 4) is 0 Å². The van der Waals surface area contributed by atoms with Gasteiger partial charge in [0.05, 0.1) is 0 Å². The number of hydrogen-bond donors (Lipinski definition) is 1. The van der Waals surface area contributed by atoms with Crippen LogP contribution in [0.4, 0.5) is 0 Å². The Balaban J connectivity index is 3.49. The zero-order valence-corrected chi connectivity index (χ0v) is 16.3. The first kappa shape index (κ1) is 23.2. The molecule has 0 aromatic heterocycles. The van der Waals surface area contributed by atoms with Crippen molar-refractivity contribution >= 4 is 5.91 Å². The number of allylic oxidation sites excluding steroid dienone is 10. The quantitative estimate of drug-likeness (QED) is 0.269. The Morgan fingerprint density at radius 3 is 1.68 bits per heavy atom. The molecule has 0 radical (unpaired) electrons. The van der Waals surface area contributed by atoms with Crippen molar-refractivity contribution in [2.75, 3.05) is 6.54 Å². The summed E-state index contributed by atoms with van der Waals surface area (Å²) >= 11 is 0. The molecule has 140 valence electrons. The van der Waals surface area contributed by atoms with Gasteiger partial charge in [-0.15, -0.1) is 0 Å². The first-order chi connectivity index (χ1) is 12.3. The van der Waals surface area contributed by atoms with E-state index in [2.05, 4.69) is 79.9 Å². The van der Waals surface area contributed by atoms with Crippen molar-refractivity contribution in [3.63, 3.8) is 0 Å². The molecule has 0 aliphatic heterocycles. The fourth-order valence-electron chi connectivity index (χ4n) is 2.10. The molecule has 0 saturated carbocycles. The van der Waals surface area contributed by atoms with Gasteiger partial charge in [0.1, 0.15) is 0 Å². The summed E-state index contributed by atoms with van der Waals surface area (Å²) in [6, 6.07) is 0. The van der Waals surface area contributed by atoms with Gasteiger partial charge in [0.25, 0.3) is 0 Å². The number of nitrogens with one attached hydrogen (secondary N) is 1. The van der Waals surface area contributed by atoms with E-state index in [1.54, 1.807) is 0 Å². The zero-order chi connectivity index (χ0) is 18.4. The highest BCUT2D eigenvalue weighted by atomic mass is 16.1. The number of rotatable bonds is 15. The van der Waals surface area contributed by atoms with Gasteiger partial charge in [0.2, 0.25) is 5.91 Å². The molecule has 2 nitrogen and oxygen atoms in total. The van der Waals surface area contributed by atoms with Gasteiger partial charge in [-0.1, -0.05) is 74.6 Å². The highest BCUT2D eigenvalue weighted by molar-refractivity contribution is 5.75. The Kier molecular flexibility index (Phi) is 18.7. The number of unbranched alkanes of at least 4 members (excludes halogenated alkanes) is 1. The summed E-state index contributed by atoms with van der Waals surface area (Å²) in [6.45, 7) is 5.01. The molecule has 0 aromatic carbocycles. The minimum atomic E-state index is 0.175. The molecular weight excluding hydrogens is 306 g/mol. The monoisotopic (exact) mass is 343 g/mol. The van der Waals surface area contributed by atoms with Crippen molar-refractivity contribution in [1.82, 2.24) is 5.32 Å². The summed E-state index contributed by atoms with van der Waals surface area (Å²) in [5.74, 6) is 0.175. The molecule has 0 spiro atoms. The largest absolute Gasteiger partial charge is 0.356 e. The highest BCUT2D eigenvalue weighted by Crippen LogP contribution is 1.99. The molecular formula is C23H37NO. The summed E-state index contributed by atoms with van der Waals surface area (Å²) in [7, 11) is 0. The number of hydrogen-bond acceptors (Lipinski definition) is 1. The second kappa shape index (κ2) is 20.2. The van der Waals surface area contributed by atoms with Gasteiger partial charge in [-0.2, -0.15) is 0 Å². The molecule has 0 aliphatic rings. The summed E-state index contributed by atoms with van der Waals surface area (Å²) in [4.78, 5) is 11.4. The van der Waals surface area contributed by atoms with E-state index in [1.807, 2.05) is 0 Å². The SMILES string of the molecule is CC/C=C\C/C=C\C/C=C\C/C=C\C/C=C\CCCC(=O)NCCC. The smallest absolute Gasteiger partial charge is 0.220 e. The van der Waals surface area contributed by atoms with Crippen LogP contribution in [0.2, 0.25) is 0 Å². The first-order valence-electron chi connectivity index (χ1n) is 9.82. The van der Waals surface area contributed by atoms with Crippen LogP contribution in [0.15, 0.2) is 60.8 Å². The van der Waals surface area contributed by atoms with Gasteiger partial charge >= 0.3 is 0 Å². The Labute approximate surface area is 155 Å². The van der Waals surface area contributed by atoms with E-state index >= 15 is 0 Å². The Bertz CT molecular complexity index is 441. The second-order valence-electron chi connectivity index (χ2n) is 5.95. The molecule has 0 unspecified atom stereocenters. The van der Waals surface area contributed by atoms with Crippen molar-refractivity contribution in [1.29, 1.82) is 0 Å². The average molecular weight is 344 g/mol. The predicted molar refractivity (Wildman–Crippen MR) is 112 cm³/mol. The fraction of sp³-hybridized carbons (Fsp3) is 0.522. The standard InChI is InChI=1S/C23H37NO/c1-3-5-6-7-8-9-10-11-12-13-14-15-16-17-18-19-20-21-23(25)24-22-4-2/h5-6,8-9,11-12,14-15,17-18H,3-4,7,10,13,16,19-22H2,1-2H3,(H,24,25)/b6-5-,9-8-,12-11-,15-14-,18-17-. The third kappa shape index (κ3) is 20.1. The molecule has 0 aromatic rings. The minimum absolute atomic E-state index is 0.175. The van der Waals surface area contributed by atoms with E-state index in [9.17, 15) is 4.79 Å². The minimum Gasteiger partial charge on any atom is -0.356 e. The van der Waals surface area contributed by atoms with Crippen molar-refractivity contribution < 1.29 is 4.79 Å². The predicted octanol–water partition coefficient (Wildman–Crippen LogP) is 6.43. The lowest BCUT2D eigenvalue weighted by molar-refractivity contribution is -0.121. The lowest BCUT2D eigenvalue weighted by Crippen LogP contribution is -2.23. The van der Waals surface area contributed by atoms with Gasteiger partial charge in [-0.25, -0.2) is 0 Å². The van der Waals surface area contributed by atoms with Gasteiger partial charge in [-0.3, -0.25) is 4.79 Å². The molecule has 0 atom stereocenters. The summed E-state index contributed by atoms with van der Waals surface area (Å²) < 4.78 is 0. The lowest BCUT2D eigenvalue weighted by atomic mass is 10.2. The molecule has 0 aliphatic carbocycles. The third-order valence-corrected chi connectivity index (χ3v) is 3.50. The van der Waals surface area contributed by atoms with E-state index in [-0.39, 0.29) is 5.91 Å². The van der Waals surface area contributed by atoms with E-state index in [0.717, 1.165) is 57.9 Å². The van der Waals surface area contributed by atoms with Crippen LogP contribution in [-0.4, -0.2) is 12.5 Å². The summed E-state index contributed by atoms with van der Waals surface area (Å²) in [5, 5.41) is 2.90. The Hall–Kier alpha value is -1.83.